The number of nitrogens with two attached hydrogens (primary N) is 1. The van der Waals surface area contributed by atoms with Crippen LogP contribution in [0.25, 0.3) is 11.3 Å². The van der Waals surface area contributed by atoms with E-state index in [0.717, 1.165) is 37.0 Å². The molecule has 0 saturated heterocycles. The van der Waals surface area contributed by atoms with Gasteiger partial charge < -0.3 is 5.73 Å². The van der Waals surface area contributed by atoms with Crippen LogP contribution in [0.3, 0.4) is 0 Å². The molecule has 4 rings (SSSR count). The van der Waals surface area contributed by atoms with Gasteiger partial charge >= 0.3 is 0 Å². The first-order valence-electron chi connectivity index (χ1n) is 10.7. The van der Waals surface area contributed by atoms with Crippen molar-refractivity contribution in [1.82, 2.24) is 9.97 Å². The van der Waals surface area contributed by atoms with E-state index in [2.05, 4.69) is 23.0 Å². The number of pyridine rings is 2. The van der Waals surface area contributed by atoms with E-state index in [1.165, 1.54) is 17.7 Å². The molecule has 2 heterocycles. The molecule has 1 fully saturated rings. The largest absolute Gasteiger partial charge is 0.328 e. The number of nitrogens with zero attached hydrogens (tertiary/aromatic N) is 2. The highest BCUT2D eigenvalue weighted by Gasteiger charge is 2.27. The Labute approximate surface area is 180 Å². The van der Waals surface area contributed by atoms with Crippen molar-refractivity contribution in [3.8, 4) is 11.3 Å². The molecule has 3 atom stereocenters. The van der Waals surface area contributed by atoms with Crippen LogP contribution in [-0.2, 0) is 12.8 Å². The fraction of sp³-hybridized carbons (Fsp3) is 0.360. The minimum atomic E-state index is -0.833. The van der Waals surface area contributed by atoms with Crippen molar-refractivity contribution in [2.24, 2.45) is 11.7 Å². The standard InChI is InChI=1S/C25H26F3N3/c1-15-11-17(13-18(29)12-15)20-9-10-30-14-16(20)5-6-19-7-8-23(28)25(31-19)24-21(26)3-2-4-22(24)27/h2-4,7-10,14-15,17-18H,5-6,11-13,29H2,1H3/t15-,17+,18-/m0/s1. The van der Waals surface area contributed by atoms with Crippen LogP contribution in [-0.4, -0.2) is 16.0 Å². The Kier molecular flexibility index (Phi) is 6.37. The third-order valence-electron chi connectivity index (χ3n) is 6.11. The third kappa shape index (κ3) is 4.79. The van der Waals surface area contributed by atoms with E-state index in [1.807, 2.05) is 6.20 Å². The molecule has 3 nitrogen and oxygen atoms in total. The first-order chi connectivity index (χ1) is 14.9. The summed E-state index contributed by atoms with van der Waals surface area (Å²) < 4.78 is 42.7. The number of halogens is 3. The lowest BCUT2D eigenvalue weighted by Gasteiger charge is -2.32. The maximum atomic E-state index is 14.3. The summed E-state index contributed by atoms with van der Waals surface area (Å²) in [7, 11) is 0. The average molecular weight is 425 g/mol. The van der Waals surface area contributed by atoms with Crippen LogP contribution in [0.5, 0.6) is 0 Å². The maximum Gasteiger partial charge on any atom is 0.149 e. The number of hydrogen-bond donors (Lipinski definition) is 1. The maximum absolute atomic E-state index is 14.3. The highest BCUT2D eigenvalue weighted by atomic mass is 19.1. The van der Waals surface area contributed by atoms with E-state index < -0.39 is 23.0 Å². The summed E-state index contributed by atoms with van der Waals surface area (Å²) in [5.41, 5.74) is 8.45. The molecule has 1 aliphatic carbocycles. The van der Waals surface area contributed by atoms with E-state index in [0.29, 0.717) is 30.4 Å². The quantitative estimate of drug-likeness (QED) is 0.581. The van der Waals surface area contributed by atoms with Gasteiger partial charge in [0.05, 0.1) is 5.56 Å². The lowest BCUT2D eigenvalue weighted by molar-refractivity contribution is 0.307. The van der Waals surface area contributed by atoms with Crippen molar-refractivity contribution in [1.29, 1.82) is 0 Å². The Morgan fingerprint density at radius 2 is 1.71 bits per heavy atom. The van der Waals surface area contributed by atoms with Crippen molar-refractivity contribution >= 4 is 0 Å². The highest BCUT2D eigenvalue weighted by molar-refractivity contribution is 5.61. The Morgan fingerprint density at radius 3 is 2.45 bits per heavy atom. The molecule has 0 amide bonds. The second-order valence-electron chi connectivity index (χ2n) is 8.57. The van der Waals surface area contributed by atoms with E-state index in [9.17, 15) is 13.2 Å². The van der Waals surface area contributed by atoms with Crippen LogP contribution in [0, 0.1) is 23.4 Å². The van der Waals surface area contributed by atoms with Crippen molar-refractivity contribution in [2.45, 2.75) is 51.0 Å². The van der Waals surface area contributed by atoms with Gasteiger partial charge in [-0.15, -0.1) is 0 Å². The van der Waals surface area contributed by atoms with Crippen molar-refractivity contribution in [2.75, 3.05) is 0 Å². The summed E-state index contributed by atoms with van der Waals surface area (Å²) in [5, 5.41) is 0. The molecular formula is C25H26F3N3. The van der Waals surface area contributed by atoms with Gasteiger partial charge in [-0.25, -0.2) is 18.2 Å². The summed E-state index contributed by atoms with van der Waals surface area (Å²) in [6.07, 6.45) is 7.92. The highest BCUT2D eigenvalue weighted by Crippen LogP contribution is 2.37. The van der Waals surface area contributed by atoms with Crippen LogP contribution >= 0.6 is 0 Å². The molecule has 1 saturated carbocycles. The Bertz CT molecular complexity index is 1040. The van der Waals surface area contributed by atoms with E-state index in [4.69, 9.17) is 5.73 Å². The zero-order chi connectivity index (χ0) is 22.0. The van der Waals surface area contributed by atoms with E-state index >= 15 is 0 Å². The summed E-state index contributed by atoms with van der Waals surface area (Å²) in [5.74, 6) is -1.45. The number of aryl methyl sites for hydroxylation is 2. The molecule has 1 aromatic carbocycles. The molecule has 2 aromatic heterocycles. The first-order valence-corrected chi connectivity index (χ1v) is 10.7. The molecule has 6 heteroatoms. The molecule has 0 spiro atoms. The SMILES string of the molecule is C[C@@H]1C[C@H](N)C[C@H](c2ccncc2CCc2ccc(F)c(-c3c(F)cccc3F)n2)C1. The molecule has 3 aromatic rings. The van der Waals surface area contributed by atoms with Gasteiger partial charge in [-0.1, -0.05) is 13.0 Å². The van der Waals surface area contributed by atoms with Crippen LogP contribution < -0.4 is 5.73 Å². The smallest absolute Gasteiger partial charge is 0.149 e. The van der Waals surface area contributed by atoms with E-state index in [-0.39, 0.29) is 11.7 Å². The molecule has 0 aliphatic heterocycles. The first kappa shape index (κ1) is 21.5. The van der Waals surface area contributed by atoms with Gasteiger partial charge in [-0.3, -0.25) is 4.98 Å². The molecule has 31 heavy (non-hydrogen) atoms. The van der Waals surface area contributed by atoms with Crippen LogP contribution in [0.4, 0.5) is 13.2 Å². The molecule has 0 unspecified atom stereocenters. The minimum absolute atomic E-state index is 0.201. The normalized spacial score (nSPS) is 21.3. The zero-order valence-electron chi connectivity index (χ0n) is 17.5. The predicted octanol–water partition coefficient (Wildman–Crippen LogP) is 5.58. The van der Waals surface area contributed by atoms with Gasteiger partial charge in [0, 0.05) is 24.1 Å². The molecular weight excluding hydrogens is 399 g/mol. The summed E-state index contributed by atoms with van der Waals surface area (Å²) in [6.45, 7) is 2.23. The predicted molar refractivity (Wildman–Crippen MR) is 115 cm³/mol. The lowest BCUT2D eigenvalue weighted by Crippen LogP contribution is -2.31. The lowest BCUT2D eigenvalue weighted by atomic mass is 9.75. The second-order valence-corrected chi connectivity index (χ2v) is 8.57. The van der Waals surface area contributed by atoms with Crippen LogP contribution in [0.2, 0.25) is 0 Å². The minimum Gasteiger partial charge on any atom is -0.328 e. The van der Waals surface area contributed by atoms with Gasteiger partial charge in [0.15, 0.2) is 0 Å². The molecule has 162 valence electrons. The molecule has 0 radical (unpaired) electrons. The fourth-order valence-corrected chi connectivity index (χ4v) is 4.74. The van der Waals surface area contributed by atoms with Gasteiger partial charge in [-0.05, 0) is 85.4 Å². The molecule has 1 aliphatic rings. The summed E-state index contributed by atoms with van der Waals surface area (Å²) in [6, 6.07) is 8.49. The number of aromatic nitrogens is 2. The van der Waals surface area contributed by atoms with Gasteiger partial charge in [0.2, 0.25) is 0 Å². The van der Waals surface area contributed by atoms with Gasteiger partial charge in [-0.2, -0.15) is 0 Å². The fourth-order valence-electron chi connectivity index (χ4n) is 4.74. The van der Waals surface area contributed by atoms with Crippen molar-refractivity contribution in [3.05, 3.63) is 83.1 Å². The number of benzene rings is 1. The summed E-state index contributed by atoms with van der Waals surface area (Å²) >= 11 is 0. The van der Waals surface area contributed by atoms with Gasteiger partial charge in [0.1, 0.15) is 23.1 Å². The molecule has 2 N–H and O–H groups in total. The van der Waals surface area contributed by atoms with Crippen molar-refractivity contribution < 1.29 is 13.2 Å². The molecule has 0 bridgehead atoms. The number of hydrogen-bond acceptors (Lipinski definition) is 3. The zero-order valence-corrected chi connectivity index (χ0v) is 17.5. The second kappa shape index (κ2) is 9.18. The van der Waals surface area contributed by atoms with E-state index in [1.54, 1.807) is 12.3 Å². The van der Waals surface area contributed by atoms with Crippen molar-refractivity contribution in [3.63, 3.8) is 0 Å². The Balaban J connectivity index is 1.57. The van der Waals surface area contributed by atoms with Crippen LogP contribution in [0.1, 0.15) is 48.9 Å². The Hall–Kier alpha value is -2.73. The monoisotopic (exact) mass is 425 g/mol. The average Bonchev–Trinajstić information content (AvgIpc) is 2.73. The Morgan fingerprint density at radius 1 is 0.935 bits per heavy atom. The number of rotatable bonds is 5. The third-order valence-corrected chi connectivity index (χ3v) is 6.11. The van der Waals surface area contributed by atoms with Crippen LogP contribution in [0.15, 0.2) is 48.8 Å². The van der Waals surface area contributed by atoms with Gasteiger partial charge in [0.25, 0.3) is 0 Å². The summed E-state index contributed by atoms with van der Waals surface area (Å²) in [4.78, 5) is 8.53. The topological polar surface area (TPSA) is 51.8 Å².